The number of nitrogens with one attached hydrogen (secondary N) is 1. The van der Waals surface area contributed by atoms with E-state index in [0.717, 1.165) is 16.0 Å². The van der Waals surface area contributed by atoms with Gasteiger partial charge in [0, 0.05) is 17.6 Å². The molecule has 0 aliphatic rings. The molecule has 0 fully saturated rings. The number of carbonyl (C=O) groups is 2. The van der Waals surface area contributed by atoms with Crippen LogP contribution in [0.15, 0.2) is 35.4 Å². The van der Waals surface area contributed by atoms with Gasteiger partial charge in [0.25, 0.3) is 5.56 Å². The second kappa shape index (κ2) is 7.93. The van der Waals surface area contributed by atoms with Gasteiger partial charge in [0.15, 0.2) is 0 Å². The molecule has 7 nitrogen and oxygen atoms in total. The van der Waals surface area contributed by atoms with Gasteiger partial charge in [0.1, 0.15) is 11.4 Å². The molecule has 1 aromatic carbocycles. The highest BCUT2D eigenvalue weighted by molar-refractivity contribution is 7.18. The van der Waals surface area contributed by atoms with E-state index in [1.165, 1.54) is 34.2 Å². The average Bonchev–Trinajstić information content (AvgIpc) is 2.94. The first-order chi connectivity index (χ1) is 13.3. The van der Waals surface area contributed by atoms with Crippen LogP contribution in [0.5, 0.6) is 0 Å². The zero-order chi connectivity index (χ0) is 20.4. The molecule has 0 spiro atoms. The molecule has 0 aliphatic heterocycles. The summed E-state index contributed by atoms with van der Waals surface area (Å²) in [5.74, 6) is -0.642. The van der Waals surface area contributed by atoms with E-state index in [-0.39, 0.29) is 30.5 Å². The molecule has 3 rings (SSSR count). The van der Waals surface area contributed by atoms with E-state index >= 15 is 0 Å². The average molecular weight is 398 g/mol. The third kappa shape index (κ3) is 4.12. The third-order valence-corrected chi connectivity index (χ3v) is 5.72. The Hall–Kier alpha value is -3.00. The first-order valence-corrected chi connectivity index (χ1v) is 9.63. The Balaban J connectivity index is 1.67. The van der Waals surface area contributed by atoms with Crippen LogP contribution in [0.2, 0.25) is 0 Å². The van der Waals surface area contributed by atoms with Crippen LogP contribution >= 0.6 is 11.3 Å². The highest BCUT2D eigenvalue weighted by atomic mass is 32.1. The Morgan fingerprint density at radius 2 is 1.86 bits per heavy atom. The van der Waals surface area contributed by atoms with Crippen LogP contribution in [0.1, 0.15) is 16.0 Å². The van der Waals surface area contributed by atoms with Crippen molar-refractivity contribution in [2.24, 2.45) is 0 Å². The number of aromatic nitrogens is 2. The molecule has 146 valence electrons. The Morgan fingerprint density at radius 1 is 1.18 bits per heavy atom. The standard InChI is InChI=1S/C20H22N4O3S/c1-12-5-7-15(8-6-12)22-16(25)9-23(4)17(26)10-24-11-21-19-18(20(24)27)13(2)14(3)28-19/h5-8,11H,9-10H2,1-4H3,(H,22,25). The van der Waals surface area contributed by atoms with Crippen molar-refractivity contribution < 1.29 is 9.59 Å². The molecule has 2 aromatic heterocycles. The number of fused-ring (bicyclic) bond motifs is 1. The van der Waals surface area contributed by atoms with Crippen LogP contribution in [-0.2, 0) is 16.1 Å². The minimum absolute atomic E-state index is 0.103. The smallest absolute Gasteiger partial charge is 0.262 e. The fourth-order valence-electron chi connectivity index (χ4n) is 2.79. The number of carbonyl (C=O) groups excluding carboxylic acids is 2. The third-order valence-electron chi connectivity index (χ3n) is 4.60. The first-order valence-electron chi connectivity index (χ1n) is 8.82. The number of nitrogens with zero attached hydrogens (tertiary/aromatic N) is 3. The van der Waals surface area contributed by atoms with E-state index < -0.39 is 0 Å². The van der Waals surface area contributed by atoms with Crippen LogP contribution in [0.4, 0.5) is 5.69 Å². The van der Waals surface area contributed by atoms with Crippen molar-refractivity contribution in [2.75, 3.05) is 18.9 Å². The van der Waals surface area contributed by atoms with Crippen molar-refractivity contribution in [3.63, 3.8) is 0 Å². The molecule has 2 heterocycles. The second-order valence-corrected chi connectivity index (χ2v) is 8.01. The van der Waals surface area contributed by atoms with Gasteiger partial charge in [0.05, 0.1) is 18.3 Å². The lowest BCUT2D eigenvalue weighted by atomic mass is 10.2. The minimum atomic E-state index is -0.341. The molecular weight excluding hydrogens is 376 g/mol. The molecule has 2 amide bonds. The summed E-state index contributed by atoms with van der Waals surface area (Å²) in [6, 6.07) is 7.41. The lowest BCUT2D eigenvalue weighted by Crippen LogP contribution is -2.38. The number of hydrogen-bond acceptors (Lipinski definition) is 5. The molecule has 8 heteroatoms. The summed E-state index contributed by atoms with van der Waals surface area (Å²) < 4.78 is 1.29. The molecule has 3 aromatic rings. The quantitative estimate of drug-likeness (QED) is 0.716. The van der Waals surface area contributed by atoms with Gasteiger partial charge < -0.3 is 10.2 Å². The molecule has 0 unspecified atom stereocenters. The topological polar surface area (TPSA) is 84.3 Å². The number of benzene rings is 1. The van der Waals surface area contributed by atoms with Crippen molar-refractivity contribution in [3.8, 4) is 0 Å². The summed E-state index contributed by atoms with van der Waals surface area (Å²) in [4.78, 5) is 44.6. The Labute approximate surface area is 166 Å². The maximum absolute atomic E-state index is 12.7. The molecule has 0 saturated heterocycles. The molecule has 0 radical (unpaired) electrons. The van der Waals surface area contributed by atoms with Crippen LogP contribution < -0.4 is 10.9 Å². The molecule has 1 N–H and O–H groups in total. The summed E-state index contributed by atoms with van der Waals surface area (Å²) >= 11 is 1.46. The number of hydrogen-bond donors (Lipinski definition) is 1. The first kappa shape index (κ1) is 19.8. The van der Waals surface area contributed by atoms with E-state index in [2.05, 4.69) is 10.3 Å². The van der Waals surface area contributed by atoms with Gasteiger partial charge in [0.2, 0.25) is 11.8 Å². The van der Waals surface area contributed by atoms with Crippen molar-refractivity contribution in [1.29, 1.82) is 0 Å². The van der Waals surface area contributed by atoms with Crippen LogP contribution in [0.25, 0.3) is 10.2 Å². The minimum Gasteiger partial charge on any atom is -0.335 e. The Bertz CT molecular complexity index is 1100. The predicted molar refractivity (Wildman–Crippen MR) is 111 cm³/mol. The fourth-order valence-corrected chi connectivity index (χ4v) is 3.78. The number of aryl methyl sites for hydroxylation is 3. The van der Waals surface area contributed by atoms with Crippen molar-refractivity contribution in [2.45, 2.75) is 27.3 Å². The maximum Gasteiger partial charge on any atom is 0.262 e. The van der Waals surface area contributed by atoms with Crippen LogP contribution in [0, 0.1) is 20.8 Å². The number of thiophene rings is 1. The number of anilines is 1. The Morgan fingerprint density at radius 3 is 2.54 bits per heavy atom. The van der Waals surface area contributed by atoms with E-state index in [0.29, 0.717) is 15.9 Å². The molecule has 0 saturated carbocycles. The second-order valence-electron chi connectivity index (χ2n) is 6.81. The predicted octanol–water partition coefficient (Wildman–Crippen LogP) is 2.48. The molecule has 28 heavy (non-hydrogen) atoms. The van der Waals surface area contributed by atoms with Gasteiger partial charge in [-0.1, -0.05) is 17.7 Å². The number of rotatable bonds is 5. The van der Waals surface area contributed by atoms with Crippen molar-refractivity contribution >= 4 is 39.1 Å². The molecule has 0 aliphatic carbocycles. The largest absolute Gasteiger partial charge is 0.335 e. The van der Waals surface area contributed by atoms with Gasteiger partial charge in [-0.15, -0.1) is 11.3 Å². The van der Waals surface area contributed by atoms with Crippen molar-refractivity contribution in [3.05, 3.63) is 57.0 Å². The van der Waals surface area contributed by atoms with Gasteiger partial charge in [-0.3, -0.25) is 19.0 Å². The molecule has 0 bridgehead atoms. The SMILES string of the molecule is Cc1ccc(NC(=O)CN(C)C(=O)Cn2cnc3sc(C)c(C)c3c2=O)cc1. The normalized spacial score (nSPS) is 10.9. The van der Waals surface area contributed by atoms with Gasteiger partial charge in [-0.25, -0.2) is 4.98 Å². The van der Waals surface area contributed by atoms with Gasteiger partial charge >= 0.3 is 0 Å². The highest BCUT2D eigenvalue weighted by Crippen LogP contribution is 2.25. The van der Waals surface area contributed by atoms with E-state index in [1.807, 2.05) is 32.9 Å². The van der Waals surface area contributed by atoms with E-state index in [9.17, 15) is 14.4 Å². The van der Waals surface area contributed by atoms with Crippen LogP contribution in [0.3, 0.4) is 0 Å². The summed E-state index contributed by atoms with van der Waals surface area (Å²) in [6.45, 7) is 5.52. The summed E-state index contributed by atoms with van der Waals surface area (Å²) in [6.07, 6.45) is 1.39. The molecular formula is C20H22N4O3S. The lowest BCUT2D eigenvalue weighted by molar-refractivity contribution is -0.133. The summed E-state index contributed by atoms with van der Waals surface area (Å²) in [5.41, 5.74) is 2.42. The number of likely N-dealkylation sites (N-methyl/N-ethyl adjacent to an activating group) is 1. The monoisotopic (exact) mass is 398 g/mol. The zero-order valence-corrected chi connectivity index (χ0v) is 17.1. The fraction of sp³-hybridized carbons (Fsp3) is 0.300. The summed E-state index contributed by atoms with van der Waals surface area (Å²) in [5, 5.41) is 3.31. The summed E-state index contributed by atoms with van der Waals surface area (Å²) in [7, 11) is 1.54. The van der Waals surface area contributed by atoms with Gasteiger partial charge in [-0.2, -0.15) is 0 Å². The van der Waals surface area contributed by atoms with Crippen molar-refractivity contribution in [1.82, 2.24) is 14.5 Å². The van der Waals surface area contributed by atoms with Gasteiger partial charge in [-0.05, 0) is 38.5 Å². The lowest BCUT2D eigenvalue weighted by Gasteiger charge is -2.17. The molecule has 0 atom stereocenters. The van der Waals surface area contributed by atoms with E-state index in [1.54, 1.807) is 12.1 Å². The number of amides is 2. The van der Waals surface area contributed by atoms with E-state index in [4.69, 9.17) is 0 Å². The maximum atomic E-state index is 12.7. The van der Waals surface area contributed by atoms with Crippen LogP contribution in [-0.4, -0.2) is 39.9 Å². The Kier molecular flexibility index (Phi) is 5.60. The highest BCUT2D eigenvalue weighted by Gasteiger charge is 2.17. The zero-order valence-electron chi connectivity index (χ0n) is 16.3.